The Morgan fingerprint density at radius 3 is 2.72 bits per heavy atom. The van der Waals surface area contributed by atoms with Crippen LogP contribution in [0, 0.1) is 6.92 Å². The summed E-state index contributed by atoms with van der Waals surface area (Å²) < 4.78 is 2.11. The molecule has 0 radical (unpaired) electrons. The van der Waals surface area contributed by atoms with E-state index in [0.29, 0.717) is 6.54 Å². The minimum absolute atomic E-state index is 0. The molecule has 8 heteroatoms. The third-order valence-electron chi connectivity index (χ3n) is 3.92. The Bertz CT molecular complexity index is 869. The number of imidazole rings is 1. The van der Waals surface area contributed by atoms with Gasteiger partial charge in [0.05, 0.1) is 34.8 Å². The van der Waals surface area contributed by atoms with Crippen molar-refractivity contribution in [3.8, 4) is 0 Å². The van der Waals surface area contributed by atoms with Crippen molar-refractivity contribution in [1.29, 1.82) is 0 Å². The fraction of sp³-hybridized carbons (Fsp3) is 0.353. The number of aromatic nitrogens is 3. The van der Waals surface area contributed by atoms with Crippen molar-refractivity contribution < 1.29 is 0 Å². The minimum atomic E-state index is 0. The molecule has 6 nitrogen and oxygen atoms in total. The smallest absolute Gasteiger partial charge is 0.194 e. The van der Waals surface area contributed by atoms with Crippen molar-refractivity contribution in [3.63, 3.8) is 0 Å². The fourth-order valence-corrected chi connectivity index (χ4v) is 3.30. The highest BCUT2D eigenvalue weighted by molar-refractivity contribution is 14.0. The van der Waals surface area contributed by atoms with Crippen molar-refractivity contribution in [2.75, 3.05) is 14.1 Å². The maximum Gasteiger partial charge on any atom is 0.194 e. The number of nitrogens with zero attached hydrogens (tertiary/aromatic N) is 5. The third-order valence-corrected chi connectivity index (χ3v) is 4.75. The monoisotopic (exact) mass is 470 g/mol. The molecule has 0 saturated carbocycles. The van der Waals surface area contributed by atoms with Crippen molar-refractivity contribution >= 4 is 52.3 Å². The first kappa shape index (κ1) is 19.6. The van der Waals surface area contributed by atoms with E-state index in [1.54, 1.807) is 18.4 Å². The van der Waals surface area contributed by atoms with Gasteiger partial charge in [0, 0.05) is 26.5 Å². The highest BCUT2D eigenvalue weighted by atomic mass is 127. The highest BCUT2D eigenvalue weighted by Gasteiger charge is 2.11. The summed E-state index contributed by atoms with van der Waals surface area (Å²) in [4.78, 5) is 15.6. The Labute approximate surface area is 169 Å². The molecule has 134 valence electrons. The van der Waals surface area contributed by atoms with Crippen LogP contribution in [-0.4, -0.2) is 39.5 Å². The number of hydrogen-bond donors (Lipinski definition) is 1. The molecule has 1 aromatic carbocycles. The van der Waals surface area contributed by atoms with Crippen LogP contribution in [-0.2, 0) is 20.1 Å². The number of aliphatic imine (C=N–C) groups is 1. The zero-order valence-electron chi connectivity index (χ0n) is 14.9. The molecule has 0 aliphatic heterocycles. The summed E-state index contributed by atoms with van der Waals surface area (Å²) in [5.74, 6) is 1.81. The standard InChI is InChI=1S/C17H22N6S.HI/c1-12-20-13(11-24-12)10-22(3)17(18-2)19-9-16-21-14-7-5-6-8-15(14)23(16)4;/h5-8,11H,9-10H2,1-4H3,(H,18,19);1H. The lowest BCUT2D eigenvalue weighted by Gasteiger charge is -2.21. The van der Waals surface area contributed by atoms with Crippen LogP contribution >= 0.6 is 35.3 Å². The maximum absolute atomic E-state index is 4.68. The fourth-order valence-electron chi connectivity index (χ4n) is 2.70. The molecule has 3 aromatic rings. The van der Waals surface area contributed by atoms with E-state index in [2.05, 4.69) is 41.2 Å². The Morgan fingerprint density at radius 2 is 2.08 bits per heavy atom. The van der Waals surface area contributed by atoms with Gasteiger partial charge in [-0.05, 0) is 19.1 Å². The quantitative estimate of drug-likeness (QED) is 0.362. The van der Waals surface area contributed by atoms with E-state index in [0.717, 1.165) is 40.1 Å². The molecule has 3 rings (SSSR count). The number of benzene rings is 1. The largest absolute Gasteiger partial charge is 0.349 e. The molecular weight excluding hydrogens is 447 g/mol. The van der Waals surface area contributed by atoms with Gasteiger partial charge >= 0.3 is 0 Å². The summed E-state index contributed by atoms with van der Waals surface area (Å²) in [7, 11) is 5.84. The Morgan fingerprint density at radius 1 is 1.32 bits per heavy atom. The number of rotatable bonds is 4. The topological polar surface area (TPSA) is 58.3 Å². The first-order valence-electron chi connectivity index (χ1n) is 7.81. The number of para-hydroxylation sites is 2. The minimum Gasteiger partial charge on any atom is -0.349 e. The summed E-state index contributed by atoms with van der Waals surface area (Å²) in [6, 6.07) is 8.15. The normalized spacial score (nSPS) is 11.4. The lowest BCUT2D eigenvalue weighted by molar-refractivity contribution is 0.469. The van der Waals surface area contributed by atoms with Gasteiger partial charge in [0.1, 0.15) is 5.82 Å². The summed E-state index contributed by atoms with van der Waals surface area (Å²) in [6.45, 7) is 3.37. The van der Waals surface area contributed by atoms with Gasteiger partial charge in [-0.15, -0.1) is 35.3 Å². The number of hydrogen-bond acceptors (Lipinski definition) is 4. The number of nitrogens with one attached hydrogen (secondary N) is 1. The van der Waals surface area contributed by atoms with Crippen LogP contribution < -0.4 is 5.32 Å². The summed E-state index contributed by atoms with van der Waals surface area (Å²) >= 11 is 1.67. The lowest BCUT2D eigenvalue weighted by Crippen LogP contribution is -2.38. The molecule has 0 aliphatic rings. The number of aryl methyl sites for hydroxylation is 2. The predicted molar refractivity (Wildman–Crippen MR) is 115 cm³/mol. The van der Waals surface area contributed by atoms with Crippen LogP contribution in [0.5, 0.6) is 0 Å². The van der Waals surface area contributed by atoms with Gasteiger partial charge in [-0.3, -0.25) is 4.99 Å². The number of guanidine groups is 1. The second-order valence-electron chi connectivity index (χ2n) is 5.69. The van der Waals surface area contributed by atoms with E-state index in [-0.39, 0.29) is 24.0 Å². The molecule has 2 aromatic heterocycles. The molecular formula is C17H23IN6S. The van der Waals surface area contributed by atoms with Crippen molar-refractivity contribution in [1.82, 2.24) is 24.8 Å². The summed E-state index contributed by atoms with van der Waals surface area (Å²) in [6.07, 6.45) is 0. The molecule has 0 spiro atoms. The Kier molecular flexibility index (Phi) is 6.77. The van der Waals surface area contributed by atoms with E-state index < -0.39 is 0 Å². The number of fused-ring (bicyclic) bond motifs is 1. The maximum atomic E-state index is 4.68. The van der Waals surface area contributed by atoms with Gasteiger partial charge in [-0.2, -0.15) is 0 Å². The van der Waals surface area contributed by atoms with Crippen LogP contribution in [0.4, 0.5) is 0 Å². The van der Waals surface area contributed by atoms with E-state index in [4.69, 9.17) is 0 Å². The van der Waals surface area contributed by atoms with Gasteiger partial charge in [-0.25, -0.2) is 9.97 Å². The zero-order chi connectivity index (χ0) is 17.1. The lowest BCUT2D eigenvalue weighted by atomic mass is 10.3. The second-order valence-corrected chi connectivity index (χ2v) is 6.75. The molecule has 0 aliphatic carbocycles. The molecule has 0 amide bonds. The second kappa shape index (κ2) is 8.61. The number of halogens is 1. The van der Waals surface area contributed by atoms with Crippen LogP contribution in [0.3, 0.4) is 0 Å². The zero-order valence-corrected chi connectivity index (χ0v) is 18.0. The first-order chi connectivity index (χ1) is 11.6. The van der Waals surface area contributed by atoms with Gasteiger partial charge < -0.3 is 14.8 Å². The summed E-state index contributed by atoms with van der Waals surface area (Å²) in [5, 5.41) is 6.55. The molecule has 0 unspecified atom stereocenters. The van der Waals surface area contributed by atoms with Crippen molar-refractivity contribution in [3.05, 3.63) is 46.2 Å². The highest BCUT2D eigenvalue weighted by Crippen LogP contribution is 2.14. The SMILES string of the molecule is CN=C(NCc1nc2ccccc2n1C)N(C)Cc1csc(C)n1.I. The third kappa shape index (κ3) is 4.49. The first-order valence-corrected chi connectivity index (χ1v) is 8.69. The average molecular weight is 470 g/mol. The number of thiazole rings is 1. The van der Waals surface area contributed by atoms with Crippen LogP contribution in [0.2, 0.25) is 0 Å². The summed E-state index contributed by atoms with van der Waals surface area (Å²) in [5.41, 5.74) is 3.21. The van der Waals surface area contributed by atoms with Gasteiger partial charge in [0.2, 0.25) is 0 Å². The van der Waals surface area contributed by atoms with Crippen molar-refractivity contribution in [2.24, 2.45) is 12.0 Å². The van der Waals surface area contributed by atoms with Gasteiger partial charge in [0.25, 0.3) is 0 Å². The van der Waals surface area contributed by atoms with Gasteiger partial charge in [-0.1, -0.05) is 12.1 Å². The molecule has 0 fully saturated rings. The Hall–Kier alpha value is -1.68. The Balaban J connectivity index is 0.00000225. The molecule has 25 heavy (non-hydrogen) atoms. The van der Waals surface area contributed by atoms with Crippen LogP contribution in [0.25, 0.3) is 11.0 Å². The van der Waals surface area contributed by atoms with E-state index >= 15 is 0 Å². The van der Waals surface area contributed by atoms with Crippen LogP contribution in [0.15, 0.2) is 34.6 Å². The molecule has 0 saturated heterocycles. The van der Waals surface area contributed by atoms with E-state index in [1.165, 1.54) is 0 Å². The molecule has 0 atom stereocenters. The van der Waals surface area contributed by atoms with Crippen molar-refractivity contribution in [2.45, 2.75) is 20.0 Å². The van der Waals surface area contributed by atoms with E-state index in [1.807, 2.05) is 39.2 Å². The molecule has 1 N–H and O–H groups in total. The van der Waals surface area contributed by atoms with E-state index in [9.17, 15) is 0 Å². The molecule has 2 heterocycles. The van der Waals surface area contributed by atoms with Gasteiger partial charge in [0.15, 0.2) is 5.96 Å². The van der Waals surface area contributed by atoms with Crippen LogP contribution in [0.1, 0.15) is 16.5 Å². The predicted octanol–water partition coefficient (Wildman–Crippen LogP) is 3.16. The average Bonchev–Trinajstić information content (AvgIpc) is 3.12. The molecule has 0 bridgehead atoms.